The molecule has 23 heavy (non-hydrogen) atoms. The molecule has 0 aliphatic heterocycles. The Morgan fingerprint density at radius 3 is 1.61 bits per heavy atom. The van der Waals surface area contributed by atoms with Crippen LogP contribution in [0, 0.1) is 0 Å². The van der Waals surface area contributed by atoms with Gasteiger partial charge in [0.1, 0.15) is 0 Å². The number of aliphatic hydroxyl groups is 2. The molecule has 0 aromatic heterocycles. The number of hydrogen-bond donors (Lipinski definition) is 8. The van der Waals surface area contributed by atoms with Gasteiger partial charge in [-0.2, -0.15) is 0 Å². The molecule has 0 radical (unpaired) electrons. The van der Waals surface area contributed by atoms with Gasteiger partial charge in [0.2, 0.25) is 0 Å². The van der Waals surface area contributed by atoms with E-state index in [9.17, 15) is 10.2 Å². The average Bonchev–Trinajstić information content (AvgIpc) is 2.54. The second kappa shape index (κ2) is 17.9. The van der Waals surface area contributed by atoms with Gasteiger partial charge in [-0.05, 0) is 0 Å². The quantitative estimate of drug-likeness (QED) is 0.0701. The van der Waals surface area contributed by atoms with Crippen molar-refractivity contribution in [1.29, 1.82) is 0 Å². The summed E-state index contributed by atoms with van der Waals surface area (Å²) in [7, 11) is 0. The molecule has 0 aromatic rings. The maximum atomic E-state index is 9.48. The molecule has 10 N–H and O–H groups in total. The van der Waals surface area contributed by atoms with E-state index in [4.69, 9.17) is 16.4 Å². The minimum atomic E-state index is -0.574. The highest BCUT2D eigenvalue weighted by Crippen LogP contribution is 1.81. The molecular weight excluding hydrogens is 304 g/mol. The largest absolute Gasteiger partial charge is 0.389 e. The minimum absolute atomic E-state index is 0.129. The van der Waals surface area contributed by atoms with E-state index >= 15 is 0 Å². The minimum Gasteiger partial charge on any atom is -0.389 e. The highest BCUT2D eigenvalue weighted by molar-refractivity contribution is 4.61. The third-order valence-electron chi connectivity index (χ3n) is 2.91. The van der Waals surface area contributed by atoms with E-state index in [1.807, 2.05) is 0 Å². The average molecular weight is 338 g/mol. The molecule has 0 saturated carbocycles. The molecule has 0 saturated heterocycles. The van der Waals surface area contributed by atoms with Crippen LogP contribution >= 0.6 is 0 Å². The number of nitrogens with one attached hydrogen (secondary N) is 4. The van der Waals surface area contributed by atoms with E-state index < -0.39 is 12.2 Å². The SMILES string of the molecule is NCOCC(O)CNCCNCCNCCNCC(O)CON. The zero-order valence-electron chi connectivity index (χ0n) is 13.8. The summed E-state index contributed by atoms with van der Waals surface area (Å²) in [6.45, 7) is 6.41. The van der Waals surface area contributed by atoms with E-state index in [1.54, 1.807) is 0 Å². The summed E-state index contributed by atoms with van der Waals surface area (Å²) in [6.07, 6.45) is -1.10. The molecular formula is C13H34N6O4. The van der Waals surface area contributed by atoms with Crippen molar-refractivity contribution in [2.75, 3.05) is 72.3 Å². The van der Waals surface area contributed by atoms with Crippen LogP contribution in [0.25, 0.3) is 0 Å². The van der Waals surface area contributed by atoms with E-state index in [0.717, 1.165) is 39.3 Å². The lowest BCUT2D eigenvalue weighted by Gasteiger charge is -2.12. The Hall–Kier alpha value is -0.400. The van der Waals surface area contributed by atoms with Crippen LogP contribution in [0.2, 0.25) is 0 Å². The monoisotopic (exact) mass is 338 g/mol. The third-order valence-corrected chi connectivity index (χ3v) is 2.91. The lowest BCUT2D eigenvalue weighted by Crippen LogP contribution is -2.38. The molecule has 0 amide bonds. The fourth-order valence-electron chi connectivity index (χ4n) is 1.75. The van der Waals surface area contributed by atoms with Crippen molar-refractivity contribution < 1.29 is 19.8 Å². The molecule has 0 rings (SSSR count). The Kier molecular flexibility index (Phi) is 17.6. The number of aliphatic hydroxyl groups excluding tert-OH is 2. The summed E-state index contributed by atoms with van der Waals surface area (Å²) >= 11 is 0. The Labute approximate surface area is 138 Å². The van der Waals surface area contributed by atoms with Gasteiger partial charge in [0.05, 0.1) is 32.2 Å². The molecule has 0 spiro atoms. The van der Waals surface area contributed by atoms with Crippen LogP contribution in [0.15, 0.2) is 0 Å². The first-order valence-electron chi connectivity index (χ1n) is 7.99. The summed E-state index contributed by atoms with van der Waals surface area (Å²) in [4.78, 5) is 4.34. The van der Waals surface area contributed by atoms with Crippen LogP contribution < -0.4 is 32.9 Å². The Bertz CT molecular complexity index is 241. The number of hydrogen-bond acceptors (Lipinski definition) is 10. The molecule has 0 heterocycles. The second-order valence-electron chi connectivity index (χ2n) is 5.09. The van der Waals surface area contributed by atoms with E-state index in [0.29, 0.717) is 13.1 Å². The molecule has 10 nitrogen and oxygen atoms in total. The standard InChI is InChI=1S/C13H34N6O4/c14-11-22-9-12(20)7-18-5-3-16-1-2-17-4-6-19-8-13(21)10-23-15/h12-13,16-21H,1-11,14-15H2. The van der Waals surface area contributed by atoms with Crippen LogP contribution in [-0.2, 0) is 9.57 Å². The predicted molar refractivity (Wildman–Crippen MR) is 88.6 cm³/mol. The van der Waals surface area contributed by atoms with Crippen molar-refractivity contribution in [3.8, 4) is 0 Å². The van der Waals surface area contributed by atoms with Crippen LogP contribution in [-0.4, -0.2) is 94.7 Å². The number of rotatable bonds is 18. The second-order valence-corrected chi connectivity index (χ2v) is 5.09. The smallest absolute Gasteiger partial charge is 0.0951 e. The highest BCUT2D eigenvalue weighted by Gasteiger charge is 2.02. The highest BCUT2D eigenvalue weighted by atomic mass is 16.6. The summed E-state index contributed by atoms with van der Waals surface area (Å²) in [5.41, 5.74) is 5.17. The van der Waals surface area contributed by atoms with Crippen molar-refractivity contribution in [2.45, 2.75) is 12.2 Å². The van der Waals surface area contributed by atoms with E-state index in [2.05, 4.69) is 26.1 Å². The predicted octanol–water partition coefficient (Wildman–Crippen LogP) is -4.11. The molecule has 10 heteroatoms. The van der Waals surface area contributed by atoms with Gasteiger partial charge >= 0.3 is 0 Å². The van der Waals surface area contributed by atoms with Crippen molar-refractivity contribution >= 4 is 0 Å². The van der Waals surface area contributed by atoms with Crippen LogP contribution in [0.1, 0.15) is 0 Å². The third kappa shape index (κ3) is 17.8. The van der Waals surface area contributed by atoms with Gasteiger partial charge < -0.3 is 46.8 Å². The Morgan fingerprint density at radius 1 is 0.739 bits per heavy atom. The van der Waals surface area contributed by atoms with Crippen molar-refractivity contribution in [2.24, 2.45) is 11.6 Å². The van der Waals surface area contributed by atoms with Crippen LogP contribution in [0.4, 0.5) is 0 Å². The molecule has 0 aliphatic rings. The first kappa shape index (κ1) is 22.6. The summed E-state index contributed by atoms with van der Waals surface area (Å²) in [5.74, 6) is 4.86. The maximum absolute atomic E-state index is 9.48. The van der Waals surface area contributed by atoms with Gasteiger partial charge in [-0.15, -0.1) is 0 Å². The van der Waals surface area contributed by atoms with Gasteiger partial charge in [-0.3, -0.25) is 0 Å². The van der Waals surface area contributed by atoms with Crippen molar-refractivity contribution in [1.82, 2.24) is 21.3 Å². The van der Waals surface area contributed by atoms with Gasteiger partial charge in [0, 0.05) is 52.4 Å². The molecule has 2 unspecified atom stereocenters. The molecule has 0 fully saturated rings. The van der Waals surface area contributed by atoms with E-state index in [-0.39, 0.29) is 19.9 Å². The van der Waals surface area contributed by atoms with Gasteiger partial charge in [0.15, 0.2) is 0 Å². The first-order valence-corrected chi connectivity index (χ1v) is 7.99. The molecule has 0 aliphatic carbocycles. The topological polar surface area (TPSA) is 159 Å². The Balaban J connectivity index is 3.10. The number of nitrogens with two attached hydrogens (primary N) is 2. The van der Waals surface area contributed by atoms with Crippen molar-refractivity contribution in [3.05, 3.63) is 0 Å². The fourth-order valence-corrected chi connectivity index (χ4v) is 1.75. The summed E-state index contributed by atoms with van der Waals surface area (Å²) in [6, 6.07) is 0. The lowest BCUT2D eigenvalue weighted by atomic mass is 10.4. The molecule has 0 bridgehead atoms. The molecule has 140 valence electrons. The fraction of sp³-hybridized carbons (Fsp3) is 1.00. The molecule has 2 atom stereocenters. The number of ether oxygens (including phenoxy) is 1. The van der Waals surface area contributed by atoms with Gasteiger partial charge in [-0.1, -0.05) is 0 Å². The van der Waals surface area contributed by atoms with Crippen LogP contribution in [0.5, 0.6) is 0 Å². The van der Waals surface area contributed by atoms with Crippen LogP contribution in [0.3, 0.4) is 0 Å². The lowest BCUT2D eigenvalue weighted by molar-refractivity contribution is 0.0370. The van der Waals surface area contributed by atoms with Crippen molar-refractivity contribution in [3.63, 3.8) is 0 Å². The van der Waals surface area contributed by atoms with E-state index in [1.165, 1.54) is 0 Å². The first-order chi connectivity index (χ1) is 11.2. The van der Waals surface area contributed by atoms with Gasteiger partial charge in [0.25, 0.3) is 0 Å². The zero-order valence-corrected chi connectivity index (χ0v) is 13.8. The summed E-state index contributed by atoms with van der Waals surface area (Å²) in [5, 5.41) is 31.6. The maximum Gasteiger partial charge on any atom is 0.0951 e. The normalized spacial score (nSPS) is 14.1. The molecule has 0 aromatic carbocycles. The Morgan fingerprint density at radius 2 is 1.17 bits per heavy atom. The summed E-state index contributed by atoms with van der Waals surface area (Å²) < 4.78 is 4.90. The van der Waals surface area contributed by atoms with Gasteiger partial charge in [-0.25, -0.2) is 5.90 Å². The zero-order chi connectivity index (χ0) is 17.2.